The van der Waals surface area contributed by atoms with Crippen molar-refractivity contribution >= 4 is 5.91 Å². The van der Waals surface area contributed by atoms with Gasteiger partial charge < -0.3 is 5.73 Å². The molecule has 0 aliphatic rings. The number of hydrogen-bond donors (Lipinski definition) is 2. The number of benzene rings is 1. The molecule has 0 unspecified atom stereocenters. The number of carbonyl (C=O) groups is 1. The fraction of sp³-hybridized carbons (Fsp3) is 0.375. The molecule has 0 spiro atoms. The Kier molecular flexibility index (Phi) is 13.5. The number of hydrogen-bond acceptors (Lipinski definition) is 2. The summed E-state index contributed by atoms with van der Waals surface area (Å²) in [6, 6.07) is 9.50. The lowest BCUT2D eigenvalue weighted by Crippen LogP contribution is -2.12. The van der Waals surface area contributed by atoms with E-state index in [0.29, 0.717) is 5.69 Å². The summed E-state index contributed by atoms with van der Waals surface area (Å²) in [7, 11) is 0. The van der Waals surface area contributed by atoms with E-state index in [0.717, 1.165) is 11.1 Å². The van der Waals surface area contributed by atoms with Crippen LogP contribution in [0, 0.1) is 0 Å². The standard InChI is InChI=1S/C10H9N3O.3C2H6.2H2/c11-10(14)9-8(6-12-13-9)7-4-2-1-3-5-7;3*1-2;;/h1-6H,(H2,11,14)(H,12,13);3*1-2H3;2*1H. The second-order valence-electron chi connectivity index (χ2n) is 2.89. The van der Waals surface area contributed by atoms with Crippen LogP contribution in [0.2, 0.25) is 0 Å². The van der Waals surface area contributed by atoms with Crippen LogP contribution >= 0.6 is 0 Å². The summed E-state index contributed by atoms with van der Waals surface area (Å²) in [5.41, 5.74) is 7.19. The average Bonchev–Trinajstić information content (AvgIpc) is 3.04. The molecule has 0 saturated heterocycles. The molecule has 0 aliphatic heterocycles. The maximum absolute atomic E-state index is 11.0. The van der Waals surface area contributed by atoms with Crippen LogP contribution in [-0.2, 0) is 0 Å². The average molecular weight is 281 g/mol. The molecule has 0 aliphatic carbocycles. The van der Waals surface area contributed by atoms with E-state index in [1.807, 2.05) is 71.9 Å². The zero-order chi connectivity index (χ0) is 16.0. The van der Waals surface area contributed by atoms with Crippen LogP contribution in [0.25, 0.3) is 11.1 Å². The number of nitrogens with one attached hydrogen (secondary N) is 1. The van der Waals surface area contributed by atoms with Crippen molar-refractivity contribution < 1.29 is 7.65 Å². The first-order valence-corrected chi connectivity index (χ1v) is 7.17. The second kappa shape index (κ2) is 13.3. The summed E-state index contributed by atoms with van der Waals surface area (Å²) in [5, 5.41) is 6.37. The summed E-state index contributed by atoms with van der Waals surface area (Å²) in [6.45, 7) is 12.0. The Morgan fingerprint density at radius 2 is 1.55 bits per heavy atom. The van der Waals surface area contributed by atoms with E-state index in [2.05, 4.69) is 10.2 Å². The monoisotopic (exact) mass is 281 g/mol. The molecule has 2 aromatic rings. The molecule has 1 amide bonds. The van der Waals surface area contributed by atoms with Crippen molar-refractivity contribution in [1.82, 2.24) is 10.2 Å². The highest BCUT2D eigenvalue weighted by Gasteiger charge is 2.11. The van der Waals surface area contributed by atoms with Gasteiger partial charge in [-0.3, -0.25) is 9.89 Å². The highest BCUT2D eigenvalue weighted by atomic mass is 16.1. The van der Waals surface area contributed by atoms with Gasteiger partial charge >= 0.3 is 0 Å². The van der Waals surface area contributed by atoms with Gasteiger partial charge in [-0.15, -0.1) is 0 Å². The first-order chi connectivity index (χ1) is 9.79. The molecule has 1 heterocycles. The molecule has 116 valence electrons. The third-order valence-electron chi connectivity index (χ3n) is 1.97. The van der Waals surface area contributed by atoms with Crippen molar-refractivity contribution in [2.24, 2.45) is 5.73 Å². The predicted molar refractivity (Wildman–Crippen MR) is 90.8 cm³/mol. The zero-order valence-electron chi connectivity index (χ0n) is 13.4. The van der Waals surface area contributed by atoms with E-state index >= 15 is 0 Å². The van der Waals surface area contributed by atoms with Gasteiger partial charge in [-0.25, -0.2) is 0 Å². The van der Waals surface area contributed by atoms with Gasteiger partial charge in [-0.05, 0) is 5.56 Å². The van der Waals surface area contributed by atoms with Gasteiger partial charge in [0, 0.05) is 8.42 Å². The molecular formula is C16H31N3O. The number of nitrogens with two attached hydrogens (primary N) is 1. The zero-order valence-corrected chi connectivity index (χ0v) is 13.4. The van der Waals surface area contributed by atoms with Gasteiger partial charge in [-0.1, -0.05) is 71.9 Å². The Balaban J connectivity index is -0.000000182. The maximum Gasteiger partial charge on any atom is 0.267 e. The Bertz CT molecular complexity index is 459. The summed E-state index contributed by atoms with van der Waals surface area (Å²) in [4.78, 5) is 11.0. The van der Waals surface area contributed by atoms with Crippen molar-refractivity contribution in [2.45, 2.75) is 41.5 Å². The second-order valence-corrected chi connectivity index (χ2v) is 2.89. The van der Waals surface area contributed by atoms with Crippen LogP contribution in [0.1, 0.15) is 54.9 Å². The molecule has 1 aromatic heterocycles. The minimum absolute atomic E-state index is 0. The number of nitrogens with zero attached hydrogens (tertiary/aromatic N) is 1. The summed E-state index contributed by atoms with van der Waals surface area (Å²) >= 11 is 0. The van der Waals surface area contributed by atoms with E-state index in [1.54, 1.807) is 6.20 Å². The normalized spacial score (nSPS) is 7.90. The number of aromatic amines is 1. The van der Waals surface area contributed by atoms with E-state index in [9.17, 15) is 4.79 Å². The van der Waals surface area contributed by atoms with E-state index < -0.39 is 5.91 Å². The summed E-state index contributed by atoms with van der Waals surface area (Å²) < 4.78 is 0. The first-order valence-electron chi connectivity index (χ1n) is 7.17. The van der Waals surface area contributed by atoms with E-state index in [-0.39, 0.29) is 2.85 Å². The third kappa shape index (κ3) is 6.18. The predicted octanol–water partition coefficient (Wildman–Crippen LogP) is 4.75. The lowest BCUT2D eigenvalue weighted by Gasteiger charge is -1.98. The van der Waals surface area contributed by atoms with Crippen molar-refractivity contribution in [3.05, 3.63) is 42.2 Å². The number of carbonyl (C=O) groups excluding carboxylic acids is 1. The molecule has 20 heavy (non-hydrogen) atoms. The largest absolute Gasteiger partial charge is 0.364 e. The van der Waals surface area contributed by atoms with Gasteiger partial charge in [0.15, 0.2) is 0 Å². The van der Waals surface area contributed by atoms with Gasteiger partial charge in [-0.2, -0.15) is 5.10 Å². The molecule has 4 nitrogen and oxygen atoms in total. The minimum Gasteiger partial charge on any atom is -0.364 e. The lowest BCUT2D eigenvalue weighted by atomic mass is 10.1. The minimum atomic E-state index is -0.499. The van der Waals surface area contributed by atoms with E-state index in [4.69, 9.17) is 5.73 Å². The van der Waals surface area contributed by atoms with E-state index in [1.165, 1.54) is 0 Å². The molecule has 0 saturated carbocycles. The van der Waals surface area contributed by atoms with Crippen LogP contribution in [-0.4, -0.2) is 16.1 Å². The van der Waals surface area contributed by atoms with Crippen molar-refractivity contribution in [1.29, 1.82) is 0 Å². The fourth-order valence-corrected chi connectivity index (χ4v) is 1.31. The molecule has 0 bridgehead atoms. The Morgan fingerprint density at radius 1 is 1.05 bits per heavy atom. The van der Waals surface area contributed by atoms with Gasteiger partial charge in [0.2, 0.25) is 0 Å². The molecule has 0 fully saturated rings. The Morgan fingerprint density at radius 3 is 2.00 bits per heavy atom. The third-order valence-corrected chi connectivity index (χ3v) is 1.97. The molecule has 2 rings (SSSR count). The number of primary amides is 1. The van der Waals surface area contributed by atoms with Gasteiger partial charge in [0.25, 0.3) is 5.91 Å². The topological polar surface area (TPSA) is 71.8 Å². The molecular weight excluding hydrogens is 250 g/mol. The number of aromatic nitrogens is 2. The molecule has 0 radical (unpaired) electrons. The number of amides is 1. The van der Waals surface area contributed by atoms with Gasteiger partial charge in [0.05, 0.1) is 6.20 Å². The van der Waals surface area contributed by atoms with Crippen LogP contribution in [0.4, 0.5) is 0 Å². The maximum atomic E-state index is 11.0. The van der Waals surface area contributed by atoms with Crippen LogP contribution in [0.15, 0.2) is 36.5 Å². The number of H-pyrrole nitrogens is 1. The quantitative estimate of drug-likeness (QED) is 0.834. The smallest absolute Gasteiger partial charge is 0.267 e. The van der Waals surface area contributed by atoms with Crippen LogP contribution < -0.4 is 5.73 Å². The Labute approximate surface area is 125 Å². The highest BCUT2D eigenvalue weighted by Crippen LogP contribution is 2.20. The summed E-state index contributed by atoms with van der Waals surface area (Å²) in [6.07, 6.45) is 1.59. The van der Waals surface area contributed by atoms with Gasteiger partial charge in [0.1, 0.15) is 5.69 Å². The highest BCUT2D eigenvalue weighted by molar-refractivity contribution is 5.97. The molecule has 0 atom stereocenters. The molecule has 1 aromatic carbocycles. The van der Waals surface area contributed by atoms with Crippen molar-refractivity contribution in [3.8, 4) is 11.1 Å². The van der Waals surface area contributed by atoms with Crippen LogP contribution in [0.5, 0.6) is 0 Å². The molecule has 4 heteroatoms. The van der Waals surface area contributed by atoms with Crippen molar-refractivity contribution in [3.63, 3.8) is 0 Å². The first kappa shape index (κ1) is 20.2. The SMILES string of the molecule is CC.CC.CC.NC(=O)c1[nH]ncc1-c1ccccc1.[HH].[HH]. The fourth-order valence-electron chi connectivity index (χ4n) is 1.31. The Hall–Kier alpha value is -2.10. The lowest BCUT2D eigenvalue weighted by molar-refractivity contribution is 0.0996. The van der Waals surface area contributed by atoms with Crippen LogP contribution in [0.3, 0.4) is 0 Å². The molecule has 3 N–H and O–H groups in total. The van der Waals surface area contributed by atoms with Crippen molar-refractivity contribution in [2.75, 3.05) is 0 Å². The summed E-state index contributed by atoms with van der Waals surface area (Å²) in [5.74, 6) is -0.499. The number of rotatable bonds is 2.